The normalized spacial score (nSPS) is 27.7. The average molecular weight is 512 g/mol. The van der Waals surface area contributed by atoms with Gasteiger partial charge in [-0.15, -0.1) is 11.8 Å². The van der Waals surface area contributed by atoms with E-state index in [4.69, 9.17) is 9.47 Å². The zero-order valence-corrected chi connectivity index (χ0v) is 20.0. The lowest BCUT2D eigenvalue weighted by molar-refractivity contribution is -0.192. The van der Waals surface area contributed by atoms with E-state index in [1.54, 1.807) is 6.92 Å². The Morgan fingerprint density at radius 3 is 2.60 bits per heavy atom. The second-order valence-corrected chi connectivity index (χ2v) is 9.37. The summed E-state index contributed by atoms with van der Waals surface area (Å²) in [5.41, 5.74) is -1.05. The molecule has 15 heteroatoms. The van der Waals surface area contributed by atoms with Crippen molar-refractivity contribution in [2.24, 2.45) is 0 Å². The molecule has 190 valence electrons. The number of imide groups is 1. The SMILES string of the molecule is CCN1CCN(C(=O)NC(C(=O)N[C@]2(OC)C(=O)N3C4=C(COC4=O)CS[C@@H]32)[C@H](C)O)C(=O)C1=O. The number of methoxy groups -OCH3 is 1. The van der Waals surface area contributed by atoms with Gasteiger partial charge in [-0.3, -0.25) is 29.0 Å². The van der Waals surface area contributed by atoms with E-state index < -0.39 is 58.9 Å². The molecular formula is C20H25N5O9S. The number of aliphatic hydroxyl groups is 1. The van der Waals surface area contributed by atoms with Crippen LogP contribution in [0.3, 0.4) is 0 Å². The van der Waals surface area contributed by atoms with Crippen LogP contribution in [0, 0.1) is 0 Å². The summed E-state index contributed by atoms with van der Waals surface area (Å²) in [5.74, 6) is -3.81. The van der Waals surface area contributed by atoms with Crippen LogP contribution in [0.25, 0.3) is 0 Å². The molecular weight excluding hydrogens is 486 g/mol. The number of amides is 6. The van der Waals surface area contributed by atoms with Crippen molar-refractivity contribution >= 4 is 47.4 Å². The third kappa shape index (κ3) is 3.83. The zero-order chi connectivity index (χ0) is 25.7. The van der Waals surface area contributed by atoms with Gasteiger partial charge in [0.25, 0.3) is 11.6 Å². The molecule has 4 atom stereocenters. The Morgan fingerprint density at radius 1 is 1.26 bits per heavy atom. The number of cyclic esters (lactones) is 1. The van der Waals surface area contributed by atoms with Crippen molar-refractivity contribution in [3.63, 3.8) is 0 Å². The number of carbonyl (C=O) groups excluding carboxylic acids is 6. The van der Waals surface area contributed by atoms with Gasteiger partial charge in [-0.2, -0.15) is 0 Å². The van der Waals surface area contributed by atoms with Crippen molar-refractivity contribution in [2.75, 3.05) is 39.1 Å². The number of thioether (sulfide) groups is 1. The minimum atomic E-state index is -1.85. The van der Waals surface area contributed by atoms with E-state index in [9.17, 15) is 33.9 Å². The van der Waals surface area contributed by atoms with E-state index >= 15 is 0 Å². The summed E-state index contributed by atoms with van der Waals surface area (Å²) in [6.07, 6.45) is -1.43. The van der Waals surface area contributed by atoms with Crippen LogP contribution in [-0.4, -0.2) is 118 Å². The molecule has 3 N–H and O–H groups in total. The lowest BCUT2D eigenvalue weighted by Crippen LogP contribution is -2.81. The van der Waals surface area contributed by atoms with Gasteiger partial charge in [0, 0.05) is 38.1 Å². The molecule has 0 saturated carbocycles. The van der Waals surface area contributed by atoms with Crippen LogP contribution in [0.15, 0.2) is 11.3 Å². The number of esters is 1. The predicted molar refractivity (Wildman–Crippen MR) is 117 cm³/mol. The first kappa shape index (κ1) is 24.9. The van der Waals surface area contributed by atoms with Crippen molar-refractivity contribution in [3.05, 3.63) is 11.3 Å². The minimum Gasteiger partial charge on any atom is -0.456 e. The van der Waals surface area contributed by atoms with E-state index in [1.165, 1.54) is 35.6 Å². The second kappa shape index (κ2) is 9.13. The number of hydrogen-bond donors (Lipinski definition) is 3. The van der Waals surface area contributed by atoms with Crippen LogP contribution in [0.1, 0.15) is 13.8 Å². The molecule has 2 saturated heterocycles. The average Bonchev–Trinajstić information content (AvgIpc) is 3.21. The number of rotatable bonds is 6. The molecule has 2 fully saturated rings. The van der Waals surface area contributed by atoms with Crippen molar-refractivity contribution < 1.29 is 43.3 Å². The molecule has 6 amide bonds. The van der Waals surface area contributed by atoms with E-state index in [2.05, 4.69) is 10.6 Å². The smallest absolute Gasteiger partial charge is 0.355 e. The highest BCUT2D eigenvalue weighted by molar-refractivity contribution is 8.00. The van der Waals surface area contributed by atoms with Gasteiger partial charge in [-0.25, -0.2) is 9.59 Å². The number of hydrogen-bond acceptors (Lipinski definition) is 10. The minimum absolute atomic E-state index is 0.0832. The van der Waals surface area contributed by atoms with Gasteiger partial charge in [0.05, 0.1) is 6.10 Å². The third-order valence-electron chi connectivity index (χ3n) is 6.29. The fourth-order valence-corrected chi connectivity index (χ4v) is 5.73. The molecule has 0 radical (unpaired) electrons. The summed E-state index contributed by atoms with van der Waals surface area (Å²) in [7, 11) is 1.21. The maximum atomic E-state index is 13.1. The van der Waals surface area contributed by atoms with Crippen LogP contribution in [0.2, 0.25) is 0 Å². The van der Waals surface area contributed by atoms with E-state index in [0.29, 0.717) is 22.8 Å². The Balaban J connectivity index is 1.48. The standard InChI is InChI=1S/C20H25N5O9S/c1-4-23-5-6-24(15(29)14(23)28)19(32)21-11(9(2)26)13(27)22-20(33-3)17(31)25-12-10(7-34-16(12)30)8-35-18(20)25/h9,11,18,26H,4-8H2,1-3H3,(H,21,32)(H,22,27)/t9-,11?,18+,20-/m0/s1. The zero-order valence-electron chi connectivity index (χ0n) is 19.2. The molecule has 1 unspecified atom stereocenters. The Morgan fingerprint density at radius 2 is 1.97 bits per heavy atom. The van der Waals surface area contributed by atoms with Gasteiger partial charge in [0.2, 0.25) is 5.91 Å². The Labute approximate surface area is 203 Å². The molecule has 0 aromatic carbocycles. The molecule has 35 heavy (non-hydrogen) atoms. The molecule has 4 aliphatic rings. The molecule has 0 aromatic rings. The molecule has 0 aliphatic carbocycles. The van der Waals surface area contributed by atoms with Gasteiger partial charge in [0.15, 0.2) is 0 Å². The first-order chi connectivity index (χ1) is 16.6. The summed E-state index contributed by atoms with van der Waals surface area (Å²) in [5, 5.41) is 14.1. The molecule has 0 spiro atoms. The summed E-state index contributed by atoms with van der Waals surface area (Å²) in [6, 6.07) is -2.62. The number of urea groups is 1. The fourth-order valence-electron chi connectivity index (χ4n) is 4.31. The lowest BCUT2D eigenvalue weighted by atomic mass is 9.97. The topological polar surface area (TPSA) is 175 Å². The maximum absolute atomic E-state index is 13.1. The summed E-state index contributed by atoms with van der Waals surface area (Å²) in [4.78, 5) is 78.5. The van der Waals surface area contributed by atoms with Crippen molar-refractivity contribution in [2.45, 2.75) is 37.1 Å². The van der Waals surface area contributed by atoms with Crippen molar-refractivity contribution in [1.29, 1.82) is 0 Å². The quantitative estimate of drug-likeness (QED) is 0.148. The number of carbonyl (C=O) groups is 6. The number of piperazine rings is 1. The number of likely N-dealkylation sites (N-methyl/N-ethyl adjacent to an activating group) is 1. The van der Waals surface area contributed by atoms with Gasteiger partial charge < -0.3 is 30.1 Å². The number of nitrogens with one attached hydrogen (secondary N) is 2. The third-order valence-corrected chi connectivity index (χ3v) is 7.66. The Hall–Kier alpha value is -3.17. The number of fused-ring (bicyclic) bond motifs is 2. The monoisotopic (exact) mass is 511 g/mol. The summed E-state index contributed by atoms with van der Waals surface area (Å²) in [6.45, 7) is 3.38. The number of nitrogens with zero attached hydrogens (tertiary/aromatic N) is 3. The predicted octanol–water partition coefficient (Wildman–Crippen LogP) is -2.68. The molecule has 4 rings (SSSR count). The Kier molecular flexibility index (Phi) is 6.50. The van der Waals surface area contributed by atoms with E-state index in [1.807, 2.05) is 0 Å². The highest BCUT2D eigenvalue weighted by Crippen LogP contribution is 2.48. The summed E-state index contributed by atoms with van der Waals surface area (Å²) < 4.78 is 10.4. The number of β-lactam (4-membered cyclic amide) rings is 1. The van der Waals surface area contributed by atoms with Crippen LogP contribution in [-0.2, 0) is 33.4 Å². The number of ether oxygens (including phenoxy) is 2. The molecule has 4 heterocycles. The van der Waals surface area contributed by atoms with E-state index in [0.717, 1.165) is 0 Å². The van der Waals surface area contributed by atoms with Crippen molar-refractivity contribution in [1.82, 2.24) is 25.3 Å². The van der Waals surface area contributed by atoms with Crippen molar-refractivity contribution in [3.8, 4) is 0 Å². The largest absolute Gasteiger partial charge is 0.456 e. The second-order valence-electron chi connectivity index (χ2n) is 8.31. The van der Waals surface area contributed by atoms with Gasteiger partial charge in [-0.05, 0) is 13.8 Å². The first-order valence-corrected chi connectivity index (χ1v) is 11.9. The van der Waals surface area contributed by atoms with Crippen LogP contribution >= 0.6 is 11.8 Å². The maximum Gasteiger partial charge on any atom is 0.355 e. The molecule has 0 aromatic heterocycles. The highest BCUT2D eigenvalue weighted by Gasteiger charge is 2.67. The highest BCUT2D eigenvalue weighted by atomic mass is 32.2. The first-order valence-electron chi connectivity index (χ1n) is 10.9. The van der Waals surface area contributed by atoms with Crippen LogP contribution < -0.4 is 10.6 Å². The Bertz CT molecular complexity index is 1050. The van der Waals surface area contributed by atoms with Crippen LogP contribution in [0.5, 0.6) is 0 Å². The van der Waals surface area contributed by atoms with E-state index in [-0.39, 0.29) is 25.4 Å². The lowest BCUT2D eigenvalue weighted by Gasteiger charge is -2.55. The molecule has 14 nitrogen and oxygen atoms in total. The van der Waals surface area contributed by atoms with Gasteiger partial charge in [-0.1, -0.05) is 0 Å². The number of aliphatic hydroxyl groups excluding tert-OH is 1. The van der Waals surface area contributed by atoms with Gasteiger partial charge >= 0.3 is 23.8 Å². The molecule has 4 aliphatic heterocycles. The van der Waals surface area contributed by atoms with Gasteiger partial charge in [0.1, 0.15) is 23.7 Å². The summed E-state index contributed by atoms with van der Waals surface area (Å²) >= 11 is 1.26. The van der Waals surface area contributed by atoms with Crippen LogP contribution in [0.4, 0.5) is 4.79 Å². The molecule has 0 bridgehead atoms. The fraction of sp³-hybridized carbons (Fsp3) is 0.600.